The van der Waals surface area contributed by atoms with Gasteiger partial charge < -0.3 is 0 Å². The van der Waals surface area contributed by atoms with E-state index in [0.717, 1.165) is 57.9 Å². The van der Waals surface area contributed by atoms with E-state index in [-0.39, 0.29) is 5.25 Å². The zero-order valence-electron chi connectivity index (χ0n) is 10.2. The number of sulfone groups is 1. The number of hydrogen-bond donors (Lipinski definition) is 0. The van der Waals surface area contributed by atoms with Gasteiger partial charge in [-0.2, -0.15) is 0 Å². The van der Waals surface area contributed by atoms with Gasteiger partial charge in [-0.15, -0.1) is 0 Å². The van der Waals surface area contributed by atoms with Crippen LogP contribution in [0.2, 0.25) is 0 Å². The van der Waals surface area contributed by atoms with Gasteiger partial charge in [-0.05, 0) is 37.9 Å². The molecule has 3 nitrogen and oxygen atoms in total. The summed E-state index contributed by atoms with van der Waals surface area (Å²) in [6.45, 7) is 0.755. The van der Waals surface area contributed by atoms with Gasteiger partial charge in [0.15, 0.2) is 9.84 Å². The zero-order valence-corrected chi connectivity index (χ0v) is 11.9. The quantitative estimate of drug-likeness (QED) is 0.407. The smallest absolute Gasteiger partial charge is 0.153 e. The molecule has 1 aliphatic heterocycles. The van der Waals surface area contributed by atoms with Gasteiger partial charge in [-0.3, -0.25) is 0 Å². The first-order valence-corrected chi connectivity index (χ1v) is 8.54. The van der Waals surface area contributed by atoms with Crippen LogP contribution < -0.4 is 0 Å². The maximum Gasteiger partial charge on any atom is 0.153 e. The minimum Gasteiger partial charge on any atom is -0.233 e. The molecule has 0 aromatic carbocycles. The molecule has 1 unspecified atom stereocenters. The van der Waals surface area contributed by atoms with Crippen LogP contribution in [-0.2, 0) is 9.84 Å². The molecule has 1 heterocycles. The van der Waals surface area contributed by atoms with E-state index in [4.69, 9.17) is 0 Å². The number of nitrogens with zero attached hydrogens (tertiary/aromatic N) is 1. The van der Waals surface area contributed by atoms with Gasteiger partial charge in [0.05, 0.1) is 16.2 Å². The summed E-state index contributed by atoms with van der Waals surface area (Å²) in [5, 5.41) is 2.29. The van der Waals surface area contributed by atoms with Crippen LogP contribution in [0.4, 0.5) is 0 Å². The Bertz CT molecular complexity index is 359. The fourth-order valence-electron chi connectivity index (χ4n) is 2.31. The SMILES string of the molecule is O=S1(=O)CCCCC1CCCCCCN=C=S. The van der Waals surface area contributed by atoms with E-state index >= 15 is 0 Å². The summed E-state index contributed by atoms with van der Waals surface area (Å²) in [5.74, 6) is 0.404. The molecule has 0 radical (unpaired) electrons. The standard InChI is InChI=1S/C12H21NO2S2/c14-17(15)10-6-4-8-12(17)7-3-1-2-5-9-13-11-16/h12H,1-10H2. The molecule has 0 aromatic rings. The molecule has 5 heteroatoms. The molecule has 1 rings (SSSR count). The zero-order chi connectivity index (χ0) is 12.6. The molecule has 0 saturated carbocycles. The molecule has 0 spiro atoms. The van der Waals surface area contributed by atoms with E-state index in [1.54, 1.807) is 0 Å². The molecule has 1 saturated heterocycles. The second kappa shape index (κ2) is 7.96. The average Bonchev–Trinajstić information content (AvgIpc) is 2.29. The maximum absolute atomic E-state index is 11.8. The van der Waals surface area contributed by atoms with Gasteiger partial charge in [0.2, 0.25) is 0 Å². The van der Waals surface area contributed by atoms with Crippen molar-refractivity contribution in [2.45, 2.75) is 56.6 Å². The highest BCUT2D eigenvalue weighted by atomic mass is 32.2. The van der Waals surface area contributed by atoms with E-state index in [1.807, 2.05) is 0 Å². The molecule has 1 fully saturated rings. The molecule has 1 aliphatic rings. The van der Waals surface area contributed by atoms with Gasteiger partial charge in [0.1, 0.15) is 0 Å². The van der Waals surface area contributed by atoms with E-state index in [1.165, 1.54) is 0 Å². The van der Waals surface area contributed by atoms with Crippen molar-refractivity contribution in [1.29, 1.82) is 0 Å². The molecular weight excluding hydrogens is 254 g/mol. The Morgan fingerprint density at radius 3 is 2.65 bits per heavy atom. The molecule has 17 heavy (non-hydrogen) atoms. The Labute approximate surface area is 110 Å². The van der Waals surface area contributed by atoms with Crippen molar-refractivity contribution in [1.82, 2.24) is 0 Å². The molecule has 98 valence electrons. The van der Waals surface area contributed by atoms with Crippen LogP contribution in [0.25, 0.3) is 0 Å². The minimum absolute atomic E-state index is 0.0600. The van der Waals surface area contributed by atoms with E-state index in [0.29, 0.717) is 5.75 Å². The highest BCUT2D eigenvalue weighted by Crippen LogP contribution is 2.24. The van der Waals surface area contributed by atoms with E-state index in [9.17, 15) is 8.42 Å². The fraction of sp³-hybridized carbons (Fsp3) is 0.917. The molecule has 0 bridgehead atoms. The van der Waals surface area contributed by atoms with Crippen molar-refractivity contribution in [2.24, 2.45) is 4.99 Å². The Balaban J connectivity index is 2.11. The third kappa shape index (κ3) is 5.75. The number of aliphatic imine (C=N–C) groups is 1. The van der Waals surface area contributed by atoms with Gasteiger partial charge in [0, 0.05) is 6.54 Å². The Kier molecular flexibility index (Phi) is 6.93. The van der Waals surface area contributed by atoms with Crippen molar-refractivity contribution < 1.29 is 8.42 Å². The first kappa shape index (κ1) is 14.8. The van der Waals surface area contributed by atoms with Crippen LogP contribution in [0.3, 0.4) is 0 Å². The second-order valence-electron chi connectivity index (χ2n) is 4.66. The van der Waals surface area contributed by atoms with Gasteiger partial charge >= 0.3 is 0 Å². The average molecular weight is 275 g/mol. The highest BCUT2D eigenvalue weighted by molar-refractivity contribution is 7.92. The Morgan fingerprint density at radius 2 is 1.94 bits per heavy atom. The van der Waals surface area contributed by atoms with Gasteiger partial charge in [-0.25, -0.2) is 13.4 Å². The third-order valence-corrected chi connectivity index (χ3v) is 5.80. The molecule has 0 N–H and O–H groups in total. The van der Waals surface area contributed by atoms with Crippen LogP contribution in [0.15, 0.2) is 4.99 Å². The summed E-state index contributed by atoms with van der Waals surface area (Å²) < 4.78 is 23.5. The third-order valence-electron chi connectivity index (χ3n) is 3.32. The van der Waals surface area contributed by atoms with Crippen molar-refractivity contribution >= 4 is 27.2 Å². The summed E-state index contributed by atoms with van der Waals surface area (Å²) in [6, 6.07) is 0. The van der Waals surface area contributed by atoms with Crippen molar-refractivity contribution in [3.63, 3.8) is 0 Å². The summed E-state index contributed by atoms with van der Waals surface area (Å²) in [4.78, 5) is 3.85. The van der Waals surface area contributed by atoms with Crippen molar-refractivity contribution in [3.8, 4) is 0 Å². The largest absolute Gasteiger partial charge is 0.233 e. The van der Waals surface area contributed by atoms with Crippen molar-refractivity contribution in [3.05, 3.63) is 0 Å². The Morgan fingerprint density at radius 1 is 1.18 bits per heavy atom. The number of rotatable bonds is 7. The predicted molar refractivity (Wildman–Crippen MR) is 74.4 cm³/mol. The normalized spacial score (nSPS) is 22.9. The highest BCUT2D eigenvalue weighted by Gasteiger charge is 2.27. The Hall–Kier alpha value is -0.250. The maximum atomic E-state index is 11.8. The molecule has 0 amide bonds. The van der Waals surface area contributed by atoms with Crippen LogP contribution in [-0.4, -0.2) is 31.1 Å². The first-order chi connectivity index (χ1) is 8.17. The molecule has 0 aromatic heterocycles. The van der Waals surface area contributed by atoms with Crippen molar-refractivity contribution in [2.75, 3.05) is 12.3 Å². The summed E-state index contributed by atoms with van der Waals surface area (Å²) in [5.41, 5.74) is 0. The molecular formula is C12H21NO2S2. The second-order valence-corrected chi connectivity index (χ2v) is 7.24. The summed E-state index contributed by atoms with van der Waals surface area (Å²) >= 11 is 4.48. The van der Waals surface area contributed by atoms with Crippen LogP contribution in [0.5, 0.6) is 0 Å². The molecule has 0 aliphatic carbocycles. The van der Waals surface area contributed by atoms with E-state index in [2.05, 4.69) is 22.4 Å². The number of hydrogen-bond acceptors (Lipinski definition) is 4. The van der Waals surface area contributed by atoms with Crippen LogP contribution >= 0.6 is 12.2 Å². The van der Waals surface area contributed by atoms with Gasteiger partial charge in [0.25, 0.3) is 0 Å². The van der Waals surface area contributed by atoms with E-state index < -0.39 is 9.84 Å². The fourth-order valence-corrected chi connectivity index (χ4v) is 4.39. The predicted octanol–water partition coefficient (Wildman–Crippen LogP) is 3.01. The number of isothiocyanates is 1. The number of unbranched alkanes of at least 4 members (excludes halogenated alkanes) is 3. The van der Waals surface area contributed by atoms with Crippen LogP contribution in [0.1, 0.15) is 51.4 Å². The lowest BCUT2D eigenvalue weighted by Crippen LogP contribution is -2.28. The molecule has 1 atom stereocenters. The minimum atomic E-state index is -2.77. The monoisotopic (exact) mass is 275 g/mol. The van der Waals surface area contributed by atoms with Crippen LogP contribution in [0, 0.1) is 0 Å². The first-order valence-electron chi connectivity index (χ1n) is 6.42. The lowest BCUT2D eigenvalue weighted by atomic mass is 10.1. The summed E-state index contributed by atoms with van der Waals surface area (Å²) in [7, 11) is -2.77. The lowest BCUT2D eigenvalue weighted by molar-refractivity contribution is 0.509. The van der Waals surface area contributed by atoms with Gasteiger partial charge in [-0.1, -0.05) is 25.7 Å². The lowest BCUT2D eigenvalue weighted by Gasteiger charge is -2.21. The summed E-state index contributed by atoms with van der Waals surface area (Å²) in [6.07, 6.45) is 7.90. The topological polar surface area (TPSA) is 46.5 Å². The number of thiocarbonyl (C=S) groups is 1.